The summed E-state index contributed by atoms with van der Waals surface area (Å²) < 4.78 is 8.10. The molecule has 1 aromatic heterocycles. The first-order valence-corrected chi connectivity index (χ1v) is 11.0. The van der Waals surface area contributed by atoms with Crippen LogP contribution < -0.4 is 4.74 Å². The van der Waals surface area contributed by atoms with Crippen molar-refractivity contribution in [2.24, 2.45) is 7.05 Å². The van der Waals surface area contributed by atoms with Gasteiger partial charge in [0.05, 0.1) is 11.7 Å². The molecule has 0 saturated heterocycles. The summed E-state index contributed by atoms with van der Waals surface area (Å²) in [6, 6.07) is 20.0. The fourth-order valence-electron chi connectivity index (χ4n) is 3.72. The van der Waals surface area contributed by atoms with E-state index in [1.54, 1.807) is 0 Å². The number of aromatic nitrogens is 2. The highest BCUT2D eigenvalue weighted by Gasteiger charge is 2.23. The molecule has 0 fully saturated rings. The van der Waals surface area contributed by atoms with Gasteiger partial charge in [0, 0.05) is 25.7 Å². The molecule has 164 valence electrons. The zero-order valence-electron chi connectivity index (χ0n) is 18.6. The van der Waals surface area contributed by atoms with Gasteiger partial charge in [0.2, 0.25) is 5.88 Å². The number of ether oxygens (including phenoxy) is 1. The van der Waals surface area contributed by atoms with Crippen molar-refractivity contribution in [1.29, 1.82) is 0 Å². The first kappa shape index (κ1) is 22.8. The third-order valence-corrected chi connectivity index (χ3v) is 5.19. The normalized spacial score (nSPS) is 12.1. The lowest BCUT2D eigenvalue weighted by molar-refractivity contribution is 0.102. The minimum absolute atomic E-state index is 0.389. The Hall–Kier alpha value is -2.89. The zero-order chi connectivity index (χ0) is 22.1. The highest BCUT2D eigenvalue weighted by atomic mass is 16.5. The number of rotatable bonds is 12. The molecule has 0 bridgehead atoms. The third-order valence-electron chi connectivity index (χ3n) is 5.19. The number of nitrogens with zero attached hydrogens (tertiary/aromatic N) is 3. The van der Waals surface area contributed by atoms with Crippen LogP contribution in [0.4, 0.5) is 0 Å². The molecule has 0 aliphatic rings. The van der Waals surface area contributed by atoms with E-state index in [0.717, 1.165) is 54.3 Å². The molecule has 1 N–H and O–H groups in total. The standard InChI is InChI=1S/C26H33N3O2/c1-4-6-15-22(30)19-29(18-5-2)20-24-25(21-13-9-7-10-14-21)27-28(3)26(24)31-23-16-11-8-12-17-23/h4,7-14,16-17,22,30H,1,5-6,15,18-20H2,2-3H3. The average molecular weight is 420 g/mol. The molecule has 0 spiro atoms. The summed E-state index contributed by atoms with van der Waals surface area (Å²) in [5, 5.41) is 15.3. The van der Waals surface area contributed by atoms with Gasteiger partial charge in [0.15, 0.2) is 0 Å². The summed E-state index contributed by atoms with van der Waals surface area (Å²) in [6.07, 6.45) is 4.00. The van der Waals surface area contributed by atoms with Gasteiger partial charge < -0.3 is 9.84 Å². The van der Waals surface area contributed by atoms with E-state index in [-0.39, 0.29) is 6.10 Å². The van der Waals surface area contributed by atoms with Gasteiger partial charge in [-0.25, -0.2) is 4.68 Å². The first-order chi connectivity index (χ1) is 15.1. The highest BCUT2D eigenvalue weighted by Crippen LogP contribution is 2.34. The summed E-state index contributed by atoms with van der Waals surface area (Å²) in [7, 11) is 1.91. The Morgan fingerprint density at radius 1 is 1.13 bits per heavy atom. The largest absolute Gasteiger partial charge is 0.439 e. The van der Waals surface area contributed by atoms with E-state index < -0.39 is 0 Å². The summed E-state index contributed by atoms with van der Waals surface area (Å²) in [5.74, 6) is 1.51. The lowest BCUT2D eigenvalue weighted by atomic mass is 10.1. The Balaban J connectivity index is 1.95. The molecule has 2 aromatic carbocycles. The van der Waals surface area contributed by atoms with E-state index in [1.807, 2.05) is 66.3 Å². The van der Waals surface area contributed by atoms with E-state index >= 15 is 0 Å². The third kappa shape index (κ3) is 6.29. The van der Waals surface area contributed by atoms with Crippen LogP contribution in [0.15, 0.2) is 73.3 Å². The molecule has 0 amide bonds. The van der Waals surface area contributed by atoms with Crippen LogP contribution in [0.5, 0.6) is 11.6 Å². The van der Waals surface area contributed by atoms with Gasteiger partial charge in [0.25, 0.3) is 0 Å². The van der Waals surface area contributed by atoms with Crippen molar-refractivity contribution < 1.29 is 9.84 Å². The molecule has 31 heavy (non-hydrogen) atoms. The minimum atomic E-state index is -0.389. The highest BCUT2D eigenvalue weighted by molar-refractivity contribution is 5.65. The van der Waals surface area contributed by atoms with Gasteiger partial charge in [-0.05, 0) is 37.9 Å². The van der Waals surface area contributed by atoms with E-state index in [1.165, 1.54) is 0 Å². The van der Waals surface area contributed by atoms with Crippen molar-refractivity contribution in [2.45, 2.75) is 38.8 Å². The number of hydrogen-bond acceptors (Lipinski definition) is 4. The second-order valence-corrected chi connectivity index (χ2v) is 7.79. The average Bonchev–Trinajstić information content (AvgIpc) is 3.09. The Labute approximate surface area is 185 Å². The Bertz CT molecular complexity index is 938. The predicted octanol–water partition coefficient (Wildman–Crippen LogP) is 5.42. The summed E-state index contributed by atoms with van der Waals surface area (Å²) in [5.41, 5.74) is 3.00. The SMILES string of the molecule is C=CCCC(O)CN(CCC)Cc1c(-c2ccccc2)nn(C)c1Oc1ccccc1. The molecule has 5 heteroatoms. The van der Waals surface area contributed by atoms with Crippen molar-refractivity contribution in [3.05, 3.63) is 78.9 Å². The van der Waals surface area contributed by atoms with Crippen LogP contribution in [-0.4, -0.2) is 39.0 Å². The molecule has 3 aromatic rings. The molecule has 1 atom stereocenters. The molecule has 1 unspecified atom stereocenters. The number of para-hydroxylation sites is 1. The molecular formula is C26H33N3O2. The Morgan fingerprint density at radius 3 is 2.45 bits per heavy atom. The Kier molecular flexibility index (Phi) is 8.44. The van der Waals surface area contributed by atoms with Crippen LogP contribution in [0.3, 0.4) is 0 Å². The van der Waals surface area contributed by atoms with Gasteiger partial charge in [-0.3, -0.25) is 4.90 Å². The smallest absolute Gasteiger partial charge is 0.222 e. The van der Waals surface area contributed by atoms with Crippen LogP contribution in [0.1, 0.15) is 31.7 Å². The molecule has 5 nitrogen and oxygen atoms in total. The van der Waals surface area contributed by atoms with Crippen molar-refractivity contribution >= 4 is 0 Å². The van der Waals surface area contributed by atoms with Crippen molar-refractivity contribution in [2.75, 3.05) is 13.1 Å². The molecule has 0 saturated carbocycles. The number of aryl methyl sites for hydroxylation is 1. The van der Waals surface area contributed by atoms with Crippen LogP contribution in [-0.2, 0) is 13.6 Å². The van der Waals surface area contributed by atoms with Crippen LogP contribution in [0, 0.1) is 0 Å². The fraction of sp³-hybridized carbons (Fsp3) is 0.346. The van der Waals surface area contributed by atoms with Crippen LogP contribution in [0.25, 0.3) is 11.3 Å². The van der Waals surface area contributed by atoms with Gasteiger partial charge in [-0.1, -0.05) is 61.5 Å². The first-order valence-electron chi connectivity index (χ1n) is 11.0. The van der Waals surface area contributed by atoms with Gasteiger partial charge >= 0.3 is 0 Å². The number of allylic oxidation sites excluding steroid dienone is 1. The molecule has 3 rings (SSSR count). The molecule has 0 radical (unpaired) electrons. The summed E-state index contributed by atoms with van der Waals surface area (Å²) in [6.45, 7) is 8.07. The molecule has 1 heterocycles. The minimum Gasteiger partial charge on any atom is -0.439 e. The van der Waals surface area contributed by atoms with Gasteiger partial charge in [-0.15, -0.1) is 6.58 Å². The van der Waals surface area contributed by atoms with E-state index in [0.29, 0.717) is 13.1 Å². The maximum absolute atomic E-state index is 10.5. The summed E-state index contributed by atoms with van der Waals surface area (Å²) >= 11 is 0. The van der Waals surface area contributed by atoms with Gasteiger partial charge in [0.1, 0.15) is 11.4 Å². The number of aliphatic hydroxyl groups is 1. The van der Waals surface area contributed by atoms with Crippen LogP contribution in [0.2, 0.25) is 0 Å². The maximum Gasteiger partial charge on any atom is 0.222 e. The maximum atomic E-state index is 10.5. The predicted molar refractivity (Wildman–Crippen MR) is 126 cm³/mol. The number of aliphatic hydroxyl groups excluding tert-OH is 1. The summed E-state index contributed by atoms with van der Waals surface area (Å²) in [4.78, 5) is 2.29. The molecule has 0 aliphatic carbocycles. The lowest BCUT2D eigenvalue weighted by Crippen LogP contribution is -2.33. The van der Waals surface area contributed by atoms with Crippen molar-refractivity contribution in [3.8, 4) is 22.9 Å². The van der Waals surface area contributed by atoms with Gasteiger partial charge in [-0.2, -0.15) is 5.10 Å². The monoisotopic (exact) mass is 419 g/mol. The van der Waals surface area contributed by atoms with Crippen molar-refractivity contribution in [1.82, 2.24) is 14.7 Å². The quantitative estimate of drug-likeness (QED) is 0.398. The van der Waals surface area contributed by atoms with E-state index in [9.17, 15) is 5.11 Å². The second-order valence-electron chi connectivity index (χ2n) is 7.79. The number of benzene rings is 2. The Morgan fingerprint density at radius 2 is 1.81 bits per heavy atom. The van der Waals surface area contributed by atoms with Crippen molar-refractivity contribution in [3.63, 3.8) is 0 Å². The molecular weight excluding hydrogens is 386 g/mol. The fourth-order valence-corrected chi connectivity index (χ4v) is 3.72. The lowest BCUT2D eigenvalue weighted by Gasteiger charge is -2.25. The molecule has 0 aliphatic heterocycles. The zero-order valence-corrected chi connectivity index (χ0v) is 18.6. The second kappa shape index (κ2) is 11.5. The van der Waals surface area contributed by atoms with E-state index in [4.69, 9.17) is 9.84 Å². The van der Waals surface area contributed by atoms with E-state index in [2.05, 4.69) is 30.5 Å². The number of hydrogen-bond donors (Lipinski definition) is 1. The van der Waals surface area contributed by atoms with Crippen LogP contribution >= 0.6 is 0 Å². The topological polar surface area (TPSA) is 50.5 Å².